The monoisotopic (exact) mass is 248 g/mol. The topological polar surface area (TPSA) is 61.0 Å². The van der Waals surface area contributed by atoms with Crippen LogP contribution in [0.4, 0.5) is 5.82 Å². The lowest BCUT2D eigenvalue weighted by Crippen LogP contribution is -2.44. The largest absolute Gasteiger partial charge is 0.352 e. The van der Waals surface area contributed by atoms with Gasteiger partial charge in [0, 0.05) is 24.7 Å². The van der Waals surface area contributed by atoms with E-state index < -0.39 is 0 Å². The molecule has 1 aromatic rings. The van der Waals surface area contributed by atoms with Crippen molar-refractivity contribution in [2.24, 2.45) is 0 Å². The summed E-state index contributed by atoms with van der Waals surface area (Å²) in [5.74, 6) is 1.54. The maximum absolute atomic E-state index is 11.6. The molecule has 0 aromatic carbocycles. The van der Waals surface area contributed by atoms with Crippen LogP contribution in [0.25, 0.3) is 0 Å². The predicted octanol–water partition coefficient (Wildman–Crippen LogP) is 0.799. The summed E-state index contributed by atoms with van der Waals surface area (Å²) in [5, 5.41) is 3.57. The Morgan fingerprint density at radius 1 is 1.39 bits per heavy atom. The molecule has 2 N–H and O–H groups in total. The number of nitrogens with zero attached hydrogens (tertiary/aromatic N) is 2. The van der Waals surface area contributed by atoms with E-state index in [2.05, 4.69) is 20.2 Å². The van der Waals surface area contributed by atoms with E-state index >= 15 is 0 Å². The van der Waals surface area contributed by atoms with Crippen molar-refractivity contribution in [2.45, 2.75) is 44.7 Å². The third kappa shape index (κ3) is 2.14. The first-order chi connectivity index (χ1) is 8.74. The van der Waals surface area contributed by atoms with Crippen LogP contribution in [-0.2, 0) is 0 Å². The molecule has 0 saturated carbocycles. The summed E-state index contributed by atoms with van der Waals surface area (Å²) in [6.07, 6.45) is 4.89. The van der Waals surface area contributed by atoms with Crippen LogP contribution in [0.5, 0.6) is 0 Å². The van der Waals surface area contributed by atoms with Gasteiger partial charge in [-0.1, -0.05) is 0 Å². The van der Waals surface area contributed by atoms with Crippen LogP contribution in [0.15, 0.2) is 10.9 Å². The molecule has 18 heavy (non-hydrogen) atoms. The molecule has 0 aliphatic carbocycles. The van der Waals surface area contributed by atoms with Crippen LogP contribution >= 0.6 is 0 Å². The zero-order valence-electron chi connectivity index (χ0n) is 10.8. The third-order valence-corrected chi connectivity index (χ3v) is 4.00. The minimum absolute atomic E-state index is 0.0532. The summed E-state index contributed by atoms with van der Waals surface area (Å²) in [7, 11) is 0. The molecule has 5 nitrogen and oxygen atoms in total. The highest BCUT2D eigenvalue weighted by atomic mass is 16.1. The Labute approximate surface area is 107 Å². The molecule has 98 valence electrons. The van der Waals surface area contributed by atoms with Gasteiger partial charge in [0.1, 0.15) is 11.6 Å². The molecule has 2 unspecified atom stereocenters. The fraction of sp³-hybridized carbons (Fsp3) is 0.692. The van der Waals surface area contributed by atoms with Gasteiger partial charge in [-0.05, 0) is 39.2 Å². The van der Waals surface area contributed by atoms with Gasteiger partial charge >= 0.3 is 0 Å². The Morgan fingerprint density at radius 3 is 3.00 bits per heavy atom. The van der Waals surface area contributed by atoms with Gasteiger partial charge in [0.2, 0.25) is 0 Å². The van der Waals surface area contributed by atoms with Crippen molar-refractivity contribution in [3.63, 3.8) is 0 Å². The van der Waals surface area contributed by atoms with Crippen molar-refractivity contribution in [1.82, 2.24) is 15.3 Å². The number of aryl methyl sites for hydroxylation is 1. The second-order valence-corrected chi connectivity index (χ2v) is 5.29. The molecule has 0 radical (unpaired) electrons. The predicted molar refractivity (Wildman–Crippen MR) is 71.0 cm³/mol. The second kappa shape index (κ2) is 4.72. The highest BCUT2D eigenvalue weighted by molar-refractivity contribution is 5.41. The van der Waals surface area contributed by atoms with Crippen molar-refractivity contribution >= 4 is 5.82 Å². The van der Waals surface area contributed by atoms with Gasteiger partial charge in [0.25, 0.3) is 5.56 Å². The van der Waals surface area contributed by atoms with Gasteiger partial charge in [-0.15, -0.1) is 0 Å². The number of anilines is 1. The molecule has 2 fully saturated rings. The molecule has 0 bridgehead atoms. The number of aromatic nitrogens is 2. The molecule has 3 heterocycles. The smallest absolute Gasteiger partial charge is 0.252 e. The molecular formula is C13H20N4O. The highest BCUT2D eigenvalue weighted by Crippen LogP contribution is 2.28. The van der Waals surface area contributed by atoms with Crippen molar-refractivity contribution in [3.05, 3.63) is 22.2 Å². The Balaban J connectivity index is 1.87. The summed E-state index contributed by atoms with van der Waals surface area (Å²) < 4.78 is 0. The van der Waals surface area contributed by atoms with Crippen molar-refractivity contribution in [1.29, 1.82) is 0 Å². The van der Waals surface area contributed by atoms with Gasteiger partial charge in [-0.25, -0.2) is 4.98 Å². The second-order valence-electron chi connectivity index (χ2n) is 5.29. The van der Waals surface area contributed by atoms with E-state index in [4.69, 9.17) is 0 Å². The molecule has 2 aliphatic rings. The zero-order valence-corrected chi connectivity index (χ0v) is 10.8. The Bertz CT molecular complexity index is 478. The van der Waals surface area contributed by atoms with Gasteiger partial charge in [-0.3, -0.25) is 4.79 Å². The number of aromatic amines is 1. The normalized spacial score (nSPS) is 27.9. The molecule has 2 saturated heterocycles. The third-order valence-electron chi connectivity index (χ3n) is 4.00. The molecule has 3 rings (SSSR count). The van der Waals surface area contributed by atoms with E-state index in [1.54, 1.807) is 6.07 Å². The minimum Gasteiger partial charge on any atom is -0.352 e. The van der Waals surface area contributed by atoms with E-state index in [9.17, 15) is 4.79 Å². The lowest BCUT2D eigenvalue weighted by molar-refractivity contribution is 0.480. The number of nitrogens with one attached hydrogen (secondary N) is 2. The zero-order chi connectivity index (χ0) is 12.5. The Kier molecular flexibility index (Phi) is 3.07. The van der Waals surface area contributed by atoms with Gasteiger partial charge < -0.3 is 15.2 Å². The first-order valence-electron chi connectivity index (χ1n) is 6.82. The summed E-state index contributed by atoms with van der Waals surface area (Å²) in [4.78, 5) is 21.1. The van der Waals surface area contributed by atoms with E-state index in [1.165, 1.54) is 25.7 Å². The molecule has 0 spiro atoms. The average Bonchev–Trinajstić information content (AvgIpc) is 2.98. The van der Waals surface area contributed by atoms with Crippen LogP contribution in [0.2, 0.25) is 0 Å². The number of hydrogen-bond acceptors (Lipinski definition) is 4. The average molecular weight is 248 g/mol. The quantitative estimate of drug-likeness (QED) is 0.812. The highest BCUT2D eigenvalue weighted by Gasteiger charge is 2.34. The standard InChI is InChI=1S/C13H20N4O/c1-9-15-12(8-13(18)16-9)17-7-3-5-11(17)10-4-2-6-14-10/h8,10-11,14H,2-7H2,1H3,(H,15,16,18). The van der Waals surface area contributed by atoms with Gasteiger partial charge in [0.05, 0.1) is 0 Å². The summed E-state index contributed by atoms with van der Waals surface area (Å²) >= 11 is 0. The molecule has 0 amide bonds. The summed E-state index contributed by atoms with van der Waals surface area (Å²) in [6, 6.07) is 2.69. The van der Waals surface area contributed by atoms with Crippen LogP contribution < -0.4 is 15.8 Å². The van der Waals surface area contributed by atoms with Crippen molar-refractivity contribution < 1.29 is 0 Å². The Hall–Kier alpha value is -1.36. The number of rotatable bonds is 2. The van der Waals surface area contributed by atoms with Crippen molar-refractivity contribution in [2.75, 3.05) is 18.0 Å². The number of H-pyrrole nitrogens is 1. The lowest BCUT2D eigenvalue weighted by atomic mass is 10.0. The maximum Gasteiger partial charge on any atom is 0.252 e. The molecule has 1 aromatic heterocycles. The molecule has 2 atom stereocenters. The Morgan fingerprint density at radius 2 is 2.28 bits per heavy atom. The number of hydrogen-bond donors (Lipinski definition) is 2. The van der Waals surface area contributed by atoms with Crippen LogP contribution in [0.1, 0.15) is 31.5 Å². The van der Waals surface area contributed by atoms with E-state index in [-0.39, 0.29) is 5.56 Å². The van der Waals surface area contributed by atoms with Crippen LogP contribution in [-0.4, -0.2) is 35.1 Å². The van der Waals surface area contributed by atoms with Crippen LogP contribution in [0.3, 0.4) is 0 Å². The van der Waals surface area contributed by atoms with Crippen LogP contribution in [0, 0.1) is 6.92 Å². The summed E-state index contributed by atoms with van der Waals surface area (Å²) in [6.45, 7) is 3.97. The first kappa shape index (κ1) is 11.7. The van der Waals surface area contributed by atoms with E-state index in [0.717, 1.165) is 18.9 Å². The minimum atomic E-state index is -0.0532. The summed E-state index contributed by atoms with van der Waals surface area (Å²) in [5.41, 5.74) is -0.0532. The first-order valence-corrected chi connectivity index (χ1v) is 6.82. The SMILES string of the molecule is Cc1nc(N2CCCC2C2CCCN2)cc(=O)[nH]1. The van der Waals surface area contributed by atoms with Crippen molar-refractivity contribution in [3.8, 4) is 0 Å². The molecule has 5 heteroatoms. The fourth-order valence-corrected chi connectivity index (χ4v) is 3.25. The lowest BCUT2D eigenvalue weighted by Gasteiger charge is -2.30. The van der Waals surface area contributed by atoms with E-state index in [0.29, 0.717) is 17.9 Å². The molecule has 2 aliphatic heterocycles. The molecular weight excluding hydrogens is 228 g/mol. The van der Waals surface area contributed by atoms with Gasteiger partial charge in [-0.2, -0.15) is 0 Å². The van der Waals surface area contributed by atoms with Gasteiger partial charge in [0.15, 0.2) is 0 Å². The fourth-order valence-electron chi connectivity index (χ4n) is 3.25. The van der Waals surface area contributed by atoms with E-state index in [1.807, 2.05) is 6.92 Å². The maximum atomic E-state index is 11.6.